The minimum atomic E-state index is -1.51. The molecule has 19 nitrogen and oxygen atoms in total. The summed E-state index contributed by atoms with van der Waals surface area (Å²) in [5.41, 5.74) is -2.93. The van der Waals surface area contributed by atoms with Crippen LogP contribution in [-0.2, 0) is 73.0 Å². The Morgan fingerprint density at radius 3 is 1.93 bits per heavy atom. The lowest BCUT2D eigenvalue weighted by atomic mass is 9.74. The standard InChI is InChI=1S/C54H88N2O17/c1-18-37-54(11)46(72-51(61)73-54)30(4)40(57)28(2)25-52(9,62-16)45(70-49-41(58)36(55(12)13)24-29(3)65-49)31(5)43(32(6)48(60)68-37)69-38-26-53(10,63-17)47(34(8)66-38)71-50-42(59)39(56(14)15)44(33(7)67-50)64-27-35-22-20-19-21-23-35/h19-23,28-34,36-39,41-47,49-50,58-59H,18,24-27H2,1-17H3/t28-,29-,30+,31+,32-,33-,34+,36+,37-,38+,39-,41-,42-,43+,44-,45-,46-,47+,49+,50+,52+,53-,54-/m1/s1. The van der Waals surface area contributed by atoms with E-state index in [1.807, 2.05) is 110 Å². The molecular weight excluding hydrogens is 949 g/mol. The summed E-state index contributed by atoms with van der Waals surface area (Å²) in [5.74, 6) is -4.28. The summed E-state index contributed by atoms with van der Waals surface area (Å²) in [5, 5.41) is 23.9. The molecule has 5 fully saturated rings. The van der Waals surface area contributed by atoms with Gasteiger partial charge in [-0.1, -0.05) is 58.0 Å². The fourth-order valence-corrected chi connectivity index (χ4v) is 12.3. The molecule has 5 aliphatic heterocycles. The second-order valence-electron chi connectivity index (χ2n) is 22.6. The molecule has 5 heterocycles. The summed E-state index contributed by atoms with van der Waals surface area (Å²) in [6.45, 7) is 20.2. The second-order valence-corrected chi connectivity index (χ2v) is 22.6. The molecule has 73 heavy (non-hydrogen) atoms. The van der Waals surface area contributed by atoms with E-state index >= 15 is 0 Å². The van der Waals surface area contributed by atoms with E-state index in [9.17, 15) is 24.6 Å². The van der Waals surface area contributed by atoms with Crippen molar-refractivity contribution in [3.05, 3.63) is 35.9 Å². The lowest BCUT2D eigenvalue weighted by Gasteiger charge is -2.52. The first-order chi connectivity index (χ1) is 34.2. The molecule has 0 spiro atoms. The van der Waals surface area contributed by atoms with Crippen LogP contribution in [0, 0.1) is 23.7 Å². The van der Waals surface area contributed by atoms with Crippen LogP contribution in [0.3, 0.4) is 0 Å². The van der Waals surface area contributed by atoms with Crippen molar-refractivity contribution in [2.75, 3.05) is 42.4 Å². The summed E-state index contributed by atoms with van der Waals surface area (Å²) < 4.78 is 77.4. The third kappa shape index (κ3) is 12.6. The number of nitrogens with zero attached hydrogens (tertiary/aromatic N) is 2. The number of fused-ring (bicyclic) bond motifs is 1. The number of esters is 1. The Labute approximate surface area is 433 Å². The molecule has 23 atom stereocenters. The molecule has 6 rings (SSSR count). The Balaban J connectivity index is 1.34. The number of ketones is 1. The molecule has 2 N–H and O–H groups in total. The third-order valence-corrected chi connectivity index (χ3v) is 16.6. The summed E-state index contributed by atoms with van der Waals surface area (Å²) in [6.07, 6.45) is -12.5. The molecular formula is C54H88N2O17. The SMILES string of the molecule is CC[C@H]1OC(=O)[C@H](C)[C@@H](O[C@H]2C[C@@](C)(OC)[C@@H](O[C@@H]3O[C@H](C)[C@@H](OCc4ccccc4)[C@H](N(C)C)[C@H]3O)[C@H](C)O2)[C@H](C)[C@@H](O[C@@H]2O[C@H](C)C[C@H](N(C)C)[C@H]2O)[C@@](C)(OC)C[C@@H](C)C(=O)[C@H](C)[C@H]2OC(=O)O[C@@]21C. The van der Waals surface area contributed by atoms with E-state index in [-0.39, 0.29) is 37.2 Å². The number of hydrogen-bond donors (Lipinski definition) is 2. The Kier molecular flexibility index (Phi) is 19.7. The maximum atomic E-state index is 14.9. The number of hydrogen-bond acceptors (Lipinski definition) is 19. The Bertz CT molecular complexity index is 1980. The number of Topliss-reactive ketones (excluding diaryl/α,β-unsaturated/α-hetero) is 1. The van der Waals surface area contributed by atoms with Gasteiger partial charge in [-0.25, -0.2) is 4.79 Å². The van der Waals surface area contributed by atoms with E-state index < -0.39 is 139 Å². The second kappa shape index (κ2) is 24.2. The van der Waals surface area contributed by atoms with Gasteiger partial charge >= 0.3 is 12.1 Å². The minimum Gasteiger partial charge on any atom is -0.458 e. The van der Waals surface area contributed by atoms with Gasteiger partial charge in [-0.05, 0) is 101 Å². The molecule has 19 heteroatoms. The van der Waals surface area contributed by atoms with Gasteiger partial charge in [-0.15, -0.1) is 0 Å². The van der Waals surface area contributed by atoms with E-state index in [1.54, 1.807) is 41.7 Å². The van der Waals surface area contributed by atoms with Crippen molar-refractivity contribution in [2.45, 2.75) is 223 Å². The molecule has 0 unspecified atom stereocenters. The topological polar surface area (TPSA) is 209 Å². The number of cyclic esters (lactones) is 1. The van der Waals surface area contributed by atoms with Gasteiger partial charge in [0.25, 0.3) is 0 Å². The number of benzene rings is 1. The molecule has 0 aliphatic carbocycles. The number of carbonyl (C=O) groups excluding carboxylic acids is 3. The van der Waals surface area contributed by atoms with Crippen LogP contribution in [0.5, 0.6) is 0 Å². The van der Waals surface area contributed by atoms with Crippen molar-refractivity contribution in [2.24, 2.45) is 23.7 Å². The van der Waals surface area contributed by atoms with Crippen molar-refractivity contribution in [1.82, 2.24) is 9.80 Å². The first-order valence-electron chi connectivity index (χ1n) is 26.2. The molecule has 416 valence electrons. The van der Waals surface area contributed by atoms with Crippen LogP contribution < -0.4 is 0 Å². The zero-order valence-electron chi connectivity index (χ0n) is 46.4. The molecule has 1 aromatic carbocycles. The number of carbonyl (C=O) groups is 3. The average Bonchev–Trinajstić information content (AvgIpc) is 3.66. The summed E-state index contributed by atoms with van der Waals surface area (Å²) in [6, 6.07) is 9.00. The minimum absolute atomic E-state index is 0.0926. The first-order valence-corrected chi connectivity index (χ1v) is 26.2. The number of aliphatic hydroxyl groups is 2. The van der Waals surface area contributed by atoms with Crippen molar-refractivity contribution >= 4 is 17.9 Å². The number of likely N-dealkylation sites (N-methyl/N-ethyl adjacent to an activating group) is 2. The molecule has 0 saturated carbocycles. The highest BCUT2D eigenvalue weighted by atomic mass is 16.8. The van der Waals surface area contributed by atoms with Gasteiger partial charge in [-0.2, -0.15) is 0 Å². The van der Waals surface area contributed by atoms with Crippen LogP contribution in [0.1, 0.15) is 107 Å². The maximum Gasteiger partial charge on any atom is 0.509 e. The first kappa shape index (κ1) is 59.4. The quantitative estimate of drug-likeness (QED) is 0.228. The zero-order valence-corrected chi connectivity index (χ0v) is 46.4. The van der Waals surface area contributed by atoms with Crippen LogP contribution >= 0.6 is 0 Å². The molecule has 5 aliphatic rings. The number of methoxy groups -OCH3 is 2. The van der Waals surface area contributed by atoms with Gasteiger partial charge < -0.3 is 76.9 Å². The van der Waals surface area contributed by atoms with Crippen molar-refractivity contribution in [3.63, 3.8) is 0 Å². The zero-order chi connectivity index (χ0) is 54.1. The molecule has 0 bridgehead atoms. The fraction of sp³-hybridized carbons (Fsp3) is 0.833. The molecule has 5 saturated heterocycles. The molecule has 0 radical (unpaired) electrons. The van der Waals surface area contributed by atoms with Gasteiger partial charge in [0.05, 0.1) is 66.2 Å². The van der Waals surface area contributed by atoms with Crippen LogP contribution in [-0.4, -0.2) is 195 Å². The van der Waals surface area contributed by atoms with Crippen molar-refractivity contribution < 1.29 is 81.4 Å². The smallest absolute Gasteiger partial charge is 0.458 e. The van der Waals surface area contributed by atoms with Gasteiger partial charge in [0.15, 0.2) is 30.6 Å². The summed E-state index contributed by atoms with van der Waals surface area (Å²) in [7, 11) is 10.6. The third-order valence-electron chi connectivity index (χ3n) is 16.6. The number of rotatable bonds is 14. The number of aliphatic hydroxyl groups excluding tert-OH is 2. The fourth-order valence-electron chi connectivity index (χ4n) is 12.3. The highest BCUT2D eigenvalue weighted by Crippen LogP contribution is 2.45. The molecule has 1 aromatic rings. The highest BCUT2D eigenvalue weighted by Gasteiger charge is 2.60. The Morgan fingerprint density at radius 2 is 1.33 bits per heavy atom. The highest BCUT2D eigenvalue weighted by molar-refractivity contribution is 5.84. The predicted molar refractivity (Wildman–Crippen MR) is 266 cm³/mol. The monoisotopic (exact) mass is 1040 g/mol. The van der Waals surface area contributed by atoms with E-state index in [0.717, 1.165) is 5.56 Å². The van der Waals surface area contributed by atoms with Crippen LogP contribution in [0.15, 0.2) is 30.3 Å². The Hall–Kier alpha value is -2.89. The van der Waals surface area contributed by atoms with Gasteiger partial charge in [-0.3, -0.25) is 9.59 Å². The normalized spacial score (nSPS) is 45.3. The van der Waals surface area contributed by atoms with E-state index in [2.05, 4.69) is 0 Å². The van der Waals surface area contributed by atoms with Gasteiger partial charge in [0, 0.05) is 38.5 Å². The van der Waals surface area contributed by atoms with Gasteiger partial charge in [0.2, 0.25) is 0 Å². The Morgan fingerprint density at radius 1 is 0.712 bits per heavy atom. The van der Waals surface area contributed by atoms with E-state index in [0.29, 0.717) is 13.0 Å². The predicted octanol–water partition coefficient (Wildman–Crippen LogP) is 5.27. The average molecular weight is 1040 g/mol. The van der Waals surface area contributed by atoms with Crippen LogP contribution in [0.4, 0.5) is 4.79 Å². The van der Waals surface area contributed by atoms with Crippen molar-refractivity contribution in [3.8, 4) is 0 Å². The lowest BCUT2D eigenvalue weighted by molar-refractivity contribution is -0.357. The molecule has 0 aromatic heterocycles. The van der Waals surface area contributed by atoms with E-state index in [4.69, 9.17) is 56.8 Å². The maximum absolute atomic E-state index is 14.9. The van der Waals surface area contributed by atoms with Gasteiger partial charge in [0.1, 0.15) is 36.3 Å². The van der Waals surface area contributed by atoms with Crippen molar-refractivity contribution in [1.29, 1.82) is 0 Å². The van der Waals surface area contributed by atoms with E-state index in [1.165, 1.54) is 7.11 Å². The van der Waals surface area contributed by atoms with Crippen LogP contribution in [0.2, 0.25) is 0 Å². The van der Waals surface area contributed by atoms with Crippen LogP contribution in [0.25, 0.3) is 0 Å². The lowest BCUT2D eigenvalue weighted by Crippen LogP contribution is -2.66. The summed E-state index contributed by atoms with van der Waals surface area (Å²) >= 11 is 0. The summed E-state index contributed by atoms with van der Waals surface area (Å²) in [4.78, 5) is 46.2. The number of ether oxygens (including phenoxy) is 12. The largest absolute Gasteiger partial charge is 0.509 e. The molecule has 0 amide bonds.